The monoisotopic (exact) mass is 291 g/mol. The Bertz CT molecular complexity index is 506. The molecule has 5 nitrogen and oxygen atoms in total. The number of rotatable bonds is 7. The van der Waals surface area contributed by atoms with Gasteiger partial charge in [-0.2, -0.15) is 0 Å². The van der Waals surface area contributed by atoms with Crippen LogP contribution in [0.25, 0.3) is 0 Å². The van der Waals surface area contributed by atoms with Gasteiger partial charge in [-0.15, -0.1) is 0 Å². The van der Waals surface area contributed by atoms with Crippen molar-refractivity contribution in [1.82, 2.24) is 5.32 Å². The number of carbonyl (C=O) groups is 2. The average molecular weight is 291 g/mol. The van der Waals surface area contributed by atoms with Crippen molar-refractivity contribution in [2.24, 2.45) is 0 Å². The van der Waals surface area contributed by atoms with E-state index in [0.29, 0.717) is 19.6 Å². The van der Waals surface area contributed by atoms with Crippen LogP contribution in [0.1, 0.15) is 48.5 Å². The van der Waals surface area contributed by atoms with Crippen LogP contribution in [-0.4, -0.2) is 29.2 Å². The highest BCUT2D eigenvalue weighted by atomic mass is 16.5. The third-order valence-electron chi connectivity index (χ3n) is 3.97. The molecule has 5 heteroatoms. The number of carboxylic acid groups (broad SMARTS) is 1. The minimum atomic E-state index is -0.924. The van der Waals surface area contributed by atoms with Crippen LogP contribution in [0.4, 0.5) is 0 Å². The first-order chi connectivity index (χ1) is 10.0. The fourth-order valence-corrected chi connectivity index (χ4v) is 2.56. The Morgan fingerprint density at radius 2 is 1.95 bits per heavy atom. The van der Waals surface area contributed by atoms with Gasteiger partial charge in [0, 0.05) is 12.1 Å². The maximum absolute atomic E-state index is 11.7. The summed E-state index contributed by atoms with van der Waals surface area (Å²) in [4.78, 5) is 22.5. The molecule has 2 N–H and O–H groups in total. The molecule has 0 bridgehead atoms. The summed E-state index contributed by atoms with van der Waals surface area (Å²) in [6.45, 7) is 2.84. The van der Waals surface area contributed by atoms with E-state index in [1.54, 1.807) is 24.3 Å². The second kappa shape index (κ2) is 6.72. The molecule has 1 aromatic carbocycles. The van der Waals surface area contributed by atoms with Gasteiger partial charge in [-0.3, -0.25) is 4.79 Å². The van der Waals surface area contributed by atoms with Crippen molar-refractivity contribution in [1.29, 1.82) is 0 Å². The summed E-state index contributed by atoms with van der Waals surface area (Å²) in [5.74, 6) is -1.08. The Morgan fingerprint density at radius 1 is 1.29 bits per heavy atom. The predicted molar refractivity (Wildman–Crippen MR) is 78.1 cm³/mol. The summed E-state index contributed by atoms with van der Waals surface area (Å²) in [7, 11) is 0. The molecule has 0 aromatic heterocycles. The molecule has 1 aromatic rings. The maximum atomic E-state index is 11.7. The third kappa shape index (κ3) is 4.04. The van der Waals surface area contributed by atoms with Gasteiger partial charge in [0.15, 0.2) is 0 Å². The number of hydrogen-bond acceptors (Lipinski definition) is 4. The van der Waals surface area contributed by atoms with Crippen molar-refractivity contribution < 1.29 is 19.4 Å². The number of carbonyl (C=O) groups excluding carboxylic acids is 1. The highest BCUT2D eigenvalue weighted by Gasteiger charge is 2.38. The van der Waals surface area contributed by atoms with Crippen LogP contribution in [0.2, 0.25) is 0 Å². The molecule has 0 radical (unpaired) electrons. The van der Waals surface area contributed by atoms with Gasteiger partial charge >= 0.3 is 11.9 Å². The Kier molecular flexibility index (Phi) is 4.96. The SMILES string of the molecule is CCOC(=O)CC1(NCc2ccc(C(=O)O)cc2)CCC1. The molecule has 0 atom stereocenters. The Hall–Kier alpha value is -1.88. The highest BCUT2D eigenvalue weighted by Crippen LogP contribution is 2.35. The predicted octanol–water partition coefficient (Wildman–Crippen LogP) is 2.35. The molecule has 1 aliphatic carbocycles. The van der Waals surface area contributed by atoms with Crippen LogP contribution in [0.3, 0.4) is 0 Å². The molecule has 1 fully saturated rings. The van der Waals surface area contributed by atoms with Crippen molar-refractivity contribution in [2.45, 2.75) is 44.7 Å². The molecule has 1 aliphatic rings. The van der Waals surface area contributed by atoms with Crippen LogP contribution in [0.15, 0.2) is 24.3 Å². The quantitative estimate of drug-likeness (QED) is 0.754. The molecule has 1 saturated carbocycles. The molecule has 114 valence electrons. The maximum Gasteiger partial charge on any atom is 0.335 e. The first-order valence-electron chi connectivity index (χ1n) is 7.27. The van der Waals surface area contributed by atoms with Crippen LogP contribution < -0.4 is 5.32 Å². The van der Waals surface area contributed by atoms with Crippen LogP contribution in [0.5, 0.6) is 0 Å². The van der Waals surface area contributed by atoms with E-state index in [1.165, 1.54) is 0 Å². The molecule has 0 unspecified atom stereocenters. The first kappa shape index (κ1) is 15.5. The van der Waals surface area contributed by atoms with E-state index in [0.717, 1.165) is 24.8 Å². The smallest absolute Gasteiger partial charge is 0.335 e. The second-order valence-corrected chi connectivity index (χ2v) is 5.47. The average Bonchev–Trinajstić information content (AvgIpc) is 2.42. The largest absolute Gasteiger partial charge is 0.478 e. The van der Waals surface area contributed by atoms with Crippen molar-refractivity contribution in [3.05, 3.63) is 35.4 Å². The van der Waals surface area contributed by atoms with Crippen LogP contribution in [-0.2, 0) is 16.1 Å². The molecule has 2 rings (SSSR count). The Labute approximate surface area is 124 Å². The first-order valence-corrected chi connectivity index (χ1v) is 7.27. The lowest BCUT2D eigenvalue weighted by Gasteiger charge is -2.42. The lowest BCUT2D eigenvalue weighted by atomic mass is 9.74. The number of benzene rings is 1. The fraction of sp³-hybridized carbons (Fsp3) is 0.500. The number of aromatic carboxylic acids is 1. The molecule has 0 spiro atoms. The van der Waals surface area contributed by atoms with Crippen LogP contribution in [0, 0.1) is 0 Å². The highest BCUT2D eigenvalue weighted by molar-refractivity contribution is 5.87. The minimum Gasteiger partial charge on any atom is -0.478 e. The summed E-state index contributed by atoms with van der Waals surface area (Å²) in [6, 6.07) is 6.79. The number of esters is 1. The fourth-order valence-electron chi connectivity index (χ4n) is 2.56. The summed E-state index contributed by atoms with van der Waals surface area (Å²) in [6.07, 6.45) is 3.45. The standard InChI is InChI=1S/C16H21NO4/c1-2-21-14(18)10-16(8-3-9-16)17-11-12-4-6-13(7-5-12)15(19)20/h4-7,17H,2-3,8-11H2,1H3,(H,19,20). The normalized spacial score (nSPS) is 16.0. The van der Waals surface area contributed by atoms with Gasteiger partial charge in [-0.1, -0.05) is 12.1 Å². The number of nitrogens with one attached hydrogen (secondary N) is 1. The Morgan fingerprint density at radius 3 is 2.43 bits per heavy atom. The van der Waals surface area contributed by atoms with E-state index in [9.17, 15) is 9.59 Å². The van der Waals surface area contributed by atoms with Gasteiger partial charge in [0.1, 0.15) is 0 Å². The van der Waals surface area contributed by atoms with Gasteiger partial charge in [0.05, 0.1) is 18.6 Å². The molecule has 0 aliphatic heterocycles. The minimum absolute atomic E-state index is 0.155. The molecular formula is C16H21NO4. The van der Waals surface area contributed by atoms with E-state index in [-0.39, 0.29) is 17.1 Å². The zero-order chi connectivity index (χ0) is 15.3. The van der Waals surface area contributed by atoms with Gasteiger partial charge in [0.25, 0.3) is 0 Å². The van der Waals surface area contributed by atoms with Gasteiger partial charge in [-0.05, 0) is 43.9 Å². The summed E-state index contributed by atoms with van der Waals surface area (Å²) in [5, 5.41) is 12.3. The van der Waals surface area contributed by atoms with E-state index in [4.69, 9.17) is 9.84 Å². The van der Waals surface area contributed by atoms with E-state index in [1.807, 2.05) is 6.92 Å². The van der Waals surface area contributed by atoms with E-state index in [2.05, 4.69) is 5.32 Å². The number of hydrogen-bond donors (Lipinski definition) is 2. The zero-order valence-electron chi connectivity index (χ0n) is 12.2. The van der Waals surface area contributed by atoms with Crippen molar-refractivity contribution in [3.8, 4) is 0 Å². The van der Waals surface area contributed by atoms with Gasteiger partial charge < -0.3 is 15.2 Å². The van der Waals surface area contributed by atoms with E-state index < -0.39 is 5.97 Å². The summed E-state index contributed by atoms with van der Waals surface area (Å²) in [5.41, 5.74) is 1.14. The molecule has 21 heavy (non-hydrogen) atoms. The zero-order valence-corrected chi connectivity index (χ0v) is 12.2. The van der Waals surface area contributed by atoms with Crippen LogP contribution >= 0.6 is 0 Å². The van der Waals surface area contributed by atoms with Crippen molar-refractivity contribution >= 4 is 11.9 Å². The second-order valence-electron chi connectivity index (χ2n) is 5.47. The van der Waals surface area contributed by atoms with Crippen molar-refractivity contribution in [3.63, 3.8) is 0 Å². The van der Waals surface area contributed by atoms with Gasteiger partial charge in [0.2, 0.25) is 0 Å². The lowest BCUT2D eigenvalue weighted by molar-refractivity contribution is -0.146. The third-order valence-corrected chi connectivity index (χ3v) is 3.97. The topological polar surface area (TPSA) is 75.6 Å². The van der Waals surface area contributed by atoms with Gasteiger partial charge in [-0.25, -0.2) is 4.79 Å². The molecule has 0 heterocycles. The van der Waals surface area contributed by atoms with Crippen molar-refractivity contribution in [2.75, 3.05) is 6.61 Å². The van der Waals surface area contributed by atoms with E-state index >= 15 is 0 Å². The lowest BCUT2D eigenvalue weighted by Crippen LogP contribution is -2.52. The summed E-state index contributed by atoms with van der Waals surface area (Å²) < 4.78 is 5.02. The Balaban J connectivity index is 1.90. The summed E-state index contributed by atoms with van der Waals surface area (Å²) >= 11 is 0. The molecule has 0 amide bonds. The number of ether oxygens (including phenoxy) is 1. The number of carboxylic acids is 1. The molecular weight excluding hydrogens is 270 g/mol. The molecule has 0 saturated heterocycles.